The molecule has 0 saturated carbocycles. The number of carbonyl (C=O) groups is 3. The number of amides is 4. The molecule has 3 rings (SSSR count). The van der Waals surface area contributed by atoms with Crippen LogP contribution in [0.25, 0.3) is 0 Å². The Balaban J connectivity index is 1.48. The van der Waals surface area contributed by atoms with E-state index < -0.39 is 17.7 Å². The summed E-state index contributed by atoms with van der Waals surface area (Å²) in [5.41, 5.74) is -0.524. The normalized spacial score (nSPS) is 26.9. The maximum absolute atomic E-state index is 12.6. The van der Waals surface area contributed by atoms with Gasteiger partial charge < -0.3 is 19.9 Å². The molecule has 2 atom stereocenters. The van der Waals surface area contributed by atoms with E-state index in [0.29, 0.717) is 45.3 Å². The summed E-state index contributed by atoms with van der Waals surface area (Å²) in [6.45, 7) is 6.95. The Bertz CT molecular complexity index is 582. The van der Waals surface area contributed by atoms with E-state index in [9.17, 15) is 19.6 Å². The van der Waals surface area contributed by atoms with Crippen molar-refractivity contribution in [3.05, 3.63) is 0 Å². The second-order valence-corrected chi connectivity index (χ2v) is 8.28. The summed E-state index contributed by atoms with van der Waals surface area (Å²) in [6.07, 6.45) is 2.15. The molecule has 2 bridgehead atoms. The quantitative estimate of drug-likeness (QED) is 0.712. The average molecular weight is 368 g/mol. The van der Waals surface area contributed by atoms with Crippen LogP contribution in [-0.4, -0.2) is 81.5 Å². The van der Waals surface area contributed by atoms with Gasteiger partial charge in [-0.15, -0.1) is 0 Å². The van der Waals surface area contributed by atoms with E-state index in [1.54, 1.807) is 4.90 Å². The predicted octanol–water partition coefficient (Wildman–Crippen LogP) is 1.16. The first kappa shape index (κ1) is 18.8. The molecule has 3 saturated heterocycles. The fourth-order valence-corrected chi connectivity index (χ4v) is 3.75. The third kappa shape index (κ3) is 3.87. The number of hydrogen-bond donors (Lipinski definition) is 2. The molecule has 0 aromatic rings. The van der Waals surface area contributed by atoms with E-state index in [0.717, 1.165) is 5.06 Å². The number of likely N-dealkylation sites (tertiary alicyclic amines) is 1. The van der Waals surface area contributed by atoms with Crippen LogP contribution in [-0.2, 0) is 9.53 Å². The Hall–Kier alpha value is -2.03. The minimum Gasteiger partial charge on any atom is -0.444 e. The van der Waals surface area contributed by atoms with Gasteiger partial charge in [-0.3, -0.25) is 10.0 Å². The molecule has 0 radical (unpaired) electrons. The van der Waals surface area contributed by atoms with Crippen molar-refractivity contribution in [1.82, 2.24) is 20.2 Å². The third-order valence-electron chi connectivity index (χ3n) is 5.14. The second-order valence-electron chi connectivity index (χ2n) is 8.28. The molecule has 26 heavy (non-hydrogen) atoms. The summed E-state index contributed by atoms with van der Waals surface area (Å²) >= 11 is 0. The van der Waals surface area contributed by atoms with Crippen molar-refractivity contribution in [3.63, 3.8) is 0 Å². The summed E-state index contributed by atoms with van der Waals surface area (Å²) < 4.78 is 5.37. The lowest BCUT2D eigenvalue weighted by atomic mass is 9.99. The van der Waals surface area contributed by atoms with Crippen LogP contribution in [0.4, 0.5) is 9.59 Å². The van der Waals surface area contributed by atoms with E-state index in [4.69, 9.17) is 4.74 Å². The van der Waals surface area contributed by atoms with Gasteiger partial charge in [-0.1, -0.05) is 0 Å². The van der Waals surface area contributed by atoms with Gasteiger partial charge in [0.2, 0.25) is 5.91 Å². The number of piperidine rings is 2. The number of hydroxylamine groups is 2. The minimum atomic E-state index is -0.528. The van der Waals surface area contributed by atoms with E-state index in [-0.39, 0.29) is 24.1 Å². The number of ether oxygens (including phenoxy) is 1. The molecule has 4 amide bonds. The van der Waals surface area contributed by atoms with Crippen molar-refractivity contribution in [2.24, 2.45) is 0 Å². The largest absolute Gasteiger partial charge is 0.444 e. The number of urea groups is 1. The van der Waals surface area contributed by atoms with Gasteiger partial charge in [-0.25, -0.2) is 14.7 Å². The highest BCUT2D eigenvalue weighted by Crippen LogP contribution is 2.28. The minimum absolute atomic E-state index is 0.0261. The lowest BCUT2D eigenvalue weighted by Gasteiger charge is -2.35. The number of fused-ring (bicyclic) bond motifs is 2. The third-order valence-corrected chi connectivity index (χ3v) is 5.14. The number of nitrogens with zero attached hydrogens (tertiary/aromatic N) is 3. The molecule has 146 valence electrons. The molecule has 0 aromatic heterocycles. The van der Waals surface area contributed by atoms with Crippen LogP contribution < -0.4 is 5.32 Å². The highest BCUT2D eigenvalue weighted by atomic mass is 16.6. The number of carbonyl (C=O) groups excluding carboxylic acids is 3. The molecule has 1 unspecified atom stereocenters. The van der Waals surface area contributed by atoms with Crippen molar-refractivity contribution in [3.8, 4) is 0 Å². The second kappa shape index (κ2) is 6.94. The van der Waals surface area contributed by atoms with Crippen molar-refractivity contribution >= 4 is 18.0 Å². The Morgan fingerprint density at radius 2 is 1.81 bits per heavy atom. The zero-order valence-electron chi connectivity index (χ0n) is 15.6. The van der Waals surface area contributed by atoms with Gasteiger partial charge in [0, 0.05) is 25.7 Å². The van der Waals surface area contributed by atoms with Gasteiger partial charge in [0.05, 0.1) is 6.04 Å². The van der Waals surface area contributed by atoms with Gasteiger partial charge in [0.25, 0.3) is 0 Å². The first-order valence-electron chi connectivity index (χ1n) is 9.23. The molecular formula is C17H28N4O5. The zero-order chi connectivity index (χ0) is 19.1. The molecule has 3 aliphatic heterocycles. The van der Waals surface area contributed by atoms with Crippen LogP contribution in [0.15, 0.2) is 0 Å². The van der Waals surface area contributed by atoms with Gasteiger partial charge in [-0.05, 0) is 46.5 Å². The first-order chi connectivity index (χ1) is 12.2. The lowest BCUT2D eigenvalue weighted by molar-refractivity contribution is -0.127. The molecule has 0 spiro atoms. The summed E-state index contributed by atoms with van der Waals surface area (Å²) in [4.78, 5) is 39.8. The van der Waals surface area contributed by atoms with E-state index in [2.05, 4.69) is 5.32 Å². The van der Waals surface area contributed by atoms with Crippen LogP contribution in [0.5, 0.6) is 0 Å². The molecule has 2 N–H and O–H groups in total. The summed E-state index contributed by atoms with van der Waals surface area (Å²) in [6, 6.07) is -1.25. The molecular weight excluding hydrogens is 340 g/mol. The number of hydrogen-bond acceptors (Lipinski definition) is 5. The molecule has 0 aliphatic carbocycles. The van der Waals surface area contributed by atoms with Crippen LogP contribution >= 0.6 is 0 Å². The highest BCUT2D eigenvalue weighted by molar-refractivity contribution is 5.88. The Kier molecular flexibility index (Phi) is 5.01. The SMILES string of the molecule is CC(C)(C)OC(=O)N1CCC(NC(=O)[C@@H]2CCC3CN2C(=O)N3O)CC1. The summed E-state index contributed by atoms with van der Waals surface area (Å²) in [7, 11) is 0. The summed E-state index contributed by atoms with van der Waals surface area (Å²) in [5, 5.41) is 13.5. The van der Waals surface area contributed by atoms with Gasteiger partial charge >= 0.3 is 12.1 Å². The maximum atomic E-state index is 12.6. The Morgan fingerprint density at radius 3 is 2.42 bits per heavy atom. The monoisotopic (exact) mass is 368 g/mol. The Labute approximate surface area is 153 Å². The van der Waals surface area contributed by atoms with E-state index in [1.807, 2.05) is 20.8 Å². The van der Waals surface area contributed by atoms with Crippen molar-refractivity contribution in [2.75, 3.05) is 19.6 Å². The van der Waals surface area contributed by atoms with Crippen LogP contribution in [0.1, 0.15) is 46.5 Å². The standard InChI is InChI=1S/C17H28N4O5/c1-17(2,3)26-16(24)19-8-6-11(7-9-19)18-14(22)13-5-4-12-10-20(13)15(23)21(12)25/h11-13,25H,4-10H2,1-3H3,(H,18,22)/t12?,13-/m0/s1. The number of rotatable bonds is 2. The van der Waals surface area contributed by atoms with E-state index >= 15 is 0 Å². The van der Waals surface area contributed by atoms with Gasteiger partial charge in [0.15, 0.2) is 0 Å². The summed E-state index contributed by atoms with van der Waals surface area (Å²) in [5.74, 6) is -0.178. The molecule has 3 heterocycles. The fraction of sp³-hybridized carbons (Fsp3) is 0.824. The molecule has 0 aromatic carbocycles. The maximum Gasteiger partial charge on any atom is 0.410 e. The molecule has 9 heteroatoms. The van der Waals surface area contributed by atoms with Gasteiger partial charge in [0.1, 0.15) is 11.6 Å². The topological polar surface area (TPSA) is 102 Å². The van der Waals surface area contributed by atoms with Crippen molar-refractivity contribution in [2.45, 2.75) is 70.2 Å². The van der Waals surface area contributed by atoms with Crippen LogP contribution in [0.2, 0.25) is 0 Å². The van der Waals surface area contributed by atoms with Gasteiger partial charge in [-0.2, -0.15) is 0 Å². The molecule has 3 fully saturated rings. The fourth-order valence-electron chi connectivity index (χ4n) is 3.75. The Morgan fingerprint density at radius 1 is 1.15 bits per heavy atom. The van der Waals surface area contributed by atoms with Crippen molar-refractivity contribution in [1.29, 1.82) is 0 Å². The van der Waals surface area contributed by atoms with Crippen LogP contribution in [0.3, 0.4) is 0 Å². The predicted molar refractivity (Wildman–Crippen MR) is 91.5 cm³/mol. The molecule has 3 aliphatic rings. The highest BCUT2D eigenvalue weighted by Gasteiger charge is 2.47. The first-order valence-corrected chi connectivity index (χ1v) is 9.23. The average Bonchev–Trinajstić information content (AvgIpc) is 2.78. The molecule has 9 nitrogen and oxygen atoms in total. The zero-order valence-corrected chi connectivity index (χ0v) is 15.6. The number of nitrogens with one attached hydrogen (secondary N) is 1. The van der Waals surface area contributed by atoms with Crippen LogP contribution in [0, 0.1) is 0 Å². The smallest absolute Gasteiger partial charge is 0.410 e. The van der Waals surface area contributed by atoms with Crippen molar-refractivity contribution < 1.29 is 24.3 Å². The van der Waals surface area contributed by atoms with E-state index in [1.165, 1.54) is 4.90 Å². The lowest BCUT2D eigenvalue weighted by Crippen LogP contribution is -2.54.